The SMILES string of the molecule is C=CCN(CCNC(C)O)Sc1ccccc1[NH2+]O. The van der Waals surface area contributed by atoms with Crippen molar-refractivity contribution in [1.29, 1.82) is 0 Å². The molecule has 6 heteroatoms. The van der Waals surface area contributed by atoms with E-state index in [0.717, 1.165) is 29.2 Å². The Hall–Kier alpha value is -0.890. The van der Waals surface area contributed by atoms with Crippen LogP contribution >= 0.6 is 11.9 Å². The minimum Gasteiger partial charge on any atom is -0.379 e. The van der Waals surface area contributed by atoms with Gasteiger partial charge in [0.25, 0.3) is 0 Å². The lowest BCUT2D eigenvalue weighted by Gasteiger charge is -2.20. The van der Waals surface area contributed by atoms with Crippen molar-refractivity contribution in [2.75, 3.05) is 19.6 Å². The van der Waals surface area contributed by atoms with E-state index in [1.165, 1.54) is 0 Å². The second-order valence-corrected chi connectivity index (χ2v) is 5.20. The van der Waals surface area contributed by atoms with Crippen molar-refractivity contribution in [3.63, 3.8) is 0 Å². The molecule has 0 aromatic heterocycles. The molecule has 1 aromatic rings. The van der Waals surface area contributed by atoms with Gasteiger partial charge < -0.3 is 5.11 Å². The van der Waals surface area contributed by atoms with Crippen LogP contribution in [0.1, 0.15) is 6.92 Å². The molecule has 0 fully saturated rings. The zero-order chi connectivity index (χ0) is 14.1. The molecular formula is C13H22N3O2S+. The van der Waals surface area contributed by atoms with Crippen LogP contribution in [-0.4, -0.2) is 40.5 Å². The molecule has 0 aliphatic carbocycles. The van der Waals surface area contributed by atoms with Gasteiger partial charge in [-0.25, -0.2) is 9.51 Å². The zero-order valence-electron chi connectivity index (χ0n) is 11.1. The van der Waals surface area contributed by atoms with Crippen molar-refractivity contribution in [1.82, 2.24) is 9.62 Å². The van der Waals surface area contributed by atoms with Gasteiger partial charge in [-0.1, -0.05) is 18.2 Å². The third kappa shape index (κ3) is 6.20. The largest absolute Gasteiger partial charge is 0.379 e. The highest BCUT2D eigenvalue weighted by Gasteiger charge is 2.11. The summed E-state index contributed by atoms with van der Waals surface area (Å²) in [6, 6.07) is 7.65. The van der Waals surface area contributed by atoms with Crippen molar-refractivity contribution in [3.05, 3.63) is 36.9 Å². The first-order valence-electron chi connectivity index (χ1n) is 6.19. The van der Waals surface area contributed by atoms with E-state index in [0.29, 0.717) is 6.54 Å². The van der Waals surface area contributed by atoms with E-state index >= 15 is 0 Å². The molecule has 5 nitrogen and oxygen atoms in total. The zero-order valence-corrected chi connectivity index (χ0v) is 11.9. The van der Waals surface area contributed by atoms with Crippen LogP contribution in [0.4, 0.5) is 5.69 Å². The summed E-state index contributed by atoms with van der Waals surface area (Å²) in [6.07, 6.45) is 1.33. The number of hydrogen-bond acceptors (Lipinski definition) is 5. The number of aliphatic hydroxyl groups excluding tert-OH is 1. The Morgan fingerprint density at radius 1 is 1.53 bits per heavy atom. The van der Waals surface area contributed by atoms with Gasteiger partial charge in [-0.3, -0.25) is 5.32 Å². The van der Waals surface area contributed by atoms with Crippen LogP contribution in [0.5, 0.6) is 0 Å². The average molecular weight is 284 g/mol. The summed E-state index contributed by atoms with van der Waals surface area (Å²) < 4.78 is 2.12. The molecule has 0 amide bonds. The van der Waals surface area contributed by atoms with Gasteiger partial charge in [-0.05, 0) is 24.9 Å². The van der Waals surface area contributed by atoms with Crippen LogP contribution < -0.4 is 10.8 Å². The van der Waals surface area contributed by atoms with E-state index in [1.807, 2.05) is 30.3 Å². The summed E-state index contributed by atoms with van der Waals surface area (Å²) in [5, 5.41) is 21.3. The molecule has 0 aliphatic heterocycles. The number of nitrogens with two attached hydrogens (primary N) is 1. The fraction of sp³-hybridized carbons (Fsp3) is 0.385. The molecule has 0 heterocycles. The number of aliphatic hydroxyl groups is 1. The van der Waals surface area contributed by atoms with Gasteiger partial charge in [0, 0.05) is 25.7 Å². The number of quaternary nitrogens is 1. The predicted molar refractivity (Wildman–Crippen MR) is 77.1 cm³/mol. The fourth-order valence-corrected chi connectivity index (χ4v) is 2.53. The maximum Gasteiger partial charge on any atom is 0.176 e. The van der Waals surface area contributed by atoms with Crippen LogP contribution in [0.2, 0.25) is 0 Å². The van der Waals surface area contributed by atoms with Gasteiger partial charge in [-0.15, -0.1) is 6.58 Å². The summed E-state index contributed by atoms with van der Waals surface area (Å²) in [5.74, 6) is 0. The van der Waals surface area contributed by atoms with E-state index in [2.05, 4.69) is 16.2 Å². The third-order valence-corrected chi connectivity index (χ3v) is 3.58. The fourth-order valence-electron chi connectivity index (χ4n) is 1.53. The molecule has 0 bridgehead atoms. The number of hydrogen-bond donors (Lipinski definition) is 4. The maximum atomic E-state index is 9.19. The lowest BCUT2D eigenvalue weighted by Crippen LogP contribution is -2.74. The highest BCUT2D eigenvalue weighted by atomic mass is 32.2. The molecule has 19 heavy (non-hydrogen) atoms. The second kappa shape index (κ2) is 9.08. The number of nitrogens with one attached hydrogen (secondary N) is 1. The van der Waals surface area contributed by atoms with Crippen molar-refractivity contribution in [2.24, 2.45) is 0 Å². The lowest BCUT2D eigenvalue weighted by molar-refractivity contribution is -0.827. The van der Waals surface area contributed by atoms with Gasteiger partial charge in [0.2, 0.25) is 0 Å². The third-order valence-electron chi connectivity index (χ3n) is 2.42. The van der Waals surface area contributed by atoms with Crippen LogP contribution in [0.3, 0.4) is 0 Å². The highest BCUT2D eigenvalue weighted by molar-refractivity contribution is 7.97. The van der Waals surface area contributed by atoms with E-state index in [1.54, 1.807) is 18.9 Å². The number of nitrogens with zero attached hydrogens (tertiary/aromatic N) is 1. The number of para-hydroxylation sites is 1. The molecule has 0 radical (unpaired) electrons. The molecule has 0 aliphatic rings. The first-order chi connectivity index (χ1) is 9.17. The summed E-state index contributed by atoms with van der Waals surface area (Å²) in [4.78, 5) is 0.990. The van der Waals surface area contributed by atoms with E-state index in [9.17, 15) is 10.3 Å². The summed E-state index contributed by atoms with van der Waals surface area (Å²) >= 11 is 1.57. The Bertz CT molecular complexity index is 388. The van der Waals surface area contributed by atoms with Crippen LogP contribution in [0.15, 0.2) is 41.8 Å². The van der Waals surface area contributed by atoms with Crippen LogP contribution in [-0.2, 0) is 0 Å². The first kappa shape index (κ1) is 16.2. The van der Waals surface area contributed by atoms with Crippen molar-refractivity contribution >= 4 is 17.6 Å². The molecule has 0 spiro atoms. The second-order valence-electron chi connectivity index (χ2n) is 4.06. The van der Waals surface area contributed by atoms with Gasteiger partial charge >= 0.3 is 0 Å². The number of benzene rings is 1. The van der Waals surface area contributed by atoms with Crippen molar-refractivity contribution in [2.45, 2.75) is 18.0 Å². The molecular weight excluding hydrogens is 262 g/mol. The normalized spacial score (nSPS) is 12.6. The van der Waals surface area contributed by atoms with Gasteiger partial charge in [0.1, 0.15) is 6.23 Å². The maximum absolute atomic E-state index is 9.19. The first-order valence-corrected chi connectivity index (χ1v) is 6.96. The van der Waals surface area contributed by atoms with Crippen LogP contribution in [0, 0.1) is 0 Å². The summed E-state index contributed by atoms with van der Waals surface area (Å²) in [6.45, 7) is 7.62. The lowest BCUT2D eigenvalue weighted by atomic mass is 10.3. The van der Waals surface area contributed by atoms with E-state index < -0.39 is 6.23 Å². The quantitative estimate of drug-likeness (QED) is 0.177. The number of rotatable bonds is 9. The Balaban J connectivity index is 2.58. The van der Waals surface area contributed by atoms with Crippen LogP contribution in [0.25, 0.3) is 0 Å². The Kier molecular flexibility index (Phi) is 7.73. The minimum absolute atomic E-state index is 0.506. The summed E-state index contributed by atoms with van der Waals surface area (Å²) in [7, 11) is 0. The summed E-state index contributed by atoms with van der Waals surface area (Å²) in [5.41, 5.74) is 1.91. The van der Waals surface area contributed by atoms with E-state index in [-0.39, 0.29) is 0 Å². The monoisotopic (exact) mass is 284 g/mol. The molecule has 5 N–H and O–H groups in total. The smallest absolute Gasteiger partial charge is 0.176 e. The predicted octanol–water partition coefficient (Wildman–Crippen LogP) is 0.694. The topological polar surface area (TPSA) is 72.3 Å². The van der Waals surface area contributed by atoms with Crippen molar-refractivity contribution in [3.8, 4) is 0 Å². The highest BCUT2D eigenvalue weighted by Crippen LogP contribution is 2.26. The molecule has 1 unspecified atom stereocenters. The molecule has 1 rings (SSSR count). The van der Waals surface area contributed by atoms with Gasteiger partial charge in [0.15, 0.2) is 5.69 Å². The minimum atomic E-state index is -0.506. The van der Waals surface area contributed by atoms with Gasteiger partial charge in [0.05, 0.1) is 4.90 Å². The molecule has 0 saturated heterocycles. The standard InChI is InChI=1S/C13H21N3O2S/c1-3-9-16(10-8-14-11(2)17)19-13-7-5-4-6-12(13)15-18/h3-7,11,14-15,17-18H,1,8-10H2,2H3/p+1. The Morgan fingerprint density at radius 3 is 2.89 bits per heavy atom. The van der Waals surface area contributed by atoms with Gasteiger partial charge in [-0.2, -0.15) is 5.48 Å². The molecule has 106 valence electrons. The Morgan fingerprint density at radius 2 is 2.26 bits per heavy atom. The Labute approximate surface area is 118 Å². The molecule has 0 saturated carbocycles. The molecule has 1 atom stereocenters. The van der Waals surface area contributed by atoms with Crippen molar-refractivity contribution < 1.29 is 15.8 Å². The average Bonchev–Trinajstić information content (AvgIpc) is 2.39. The molecule has 1 aromatic carbocycles. The van der Waals surface area contributed by atoms with E-state index in [4.69, 9.17) is 0 Å².